The second kappa shape index (κ2) is 5.33. The van der Waals surface area contributed by atoms with Crippen LogP contribution in [0.25, 0.3) is 0 Å². The Morgan fingerprint density at radius 3 is 2.50 bits per heavy atom. The largest absolute Gasteiger partial charge is 0.369 e. The van der Waals surface area contributed by atoms with Crippen LogP contribution in [-0.2, 0) is 0 Å². The van der Waals surface area contributed by atoms with Crippen molar-refractivity contribution in [3.63, 3.8) is 0 Å². The van der Waals surface area contributed by atoms with E-state index in [0.717, 1.165) is 25.2 Å². The summed E-state index contributed by atoms with van der Waals surface area (Å²) in [6, 6.07) is 2.73. The first-order valence-corrected chi connectivity index (χ1v) is 6.63. The zero-order valence-corrected chi connectivity index (χ0v) is 11.5. The molecule has 1 fully saturated rings. The van der Waals surface area contributed by atoms with Crippen LogP contribution >= 0.6 is 23.2 Å². The van der Waals surface area contributed by atoms with Gasteiger partial charge >= 0.3 is 0 Å². The van der Waals surface area contributed by atoms with Gasteiger partial charge in [0.05, 0.1) is 20.7 Å². The molecule has 6 heteroatoms. The molecule has 0 amide bonds. The molecule has 0 bridgehead atoms. The van der Waals surface area contributed by atoms with E-state index < -0.39 is 4.92 Å². The molecule has 98 valence electrons. The van der Waals surface area contributed by atoms with E-state index in [1.54, 1.807) is 0 Å². The molecule has 1 aliphatic heterocycles. The number of non-ortho nitro benzene ring substituents is 1. The number of hydrogen-bond donors (Lipinski definition) is 0. The Kier molecular flexibility index (Phi) is 3.97. The summed E-state index contributed by atoms with van der Waals surface area (Å²) in [5.74, 6) is 0.584. The molecule has 1 aromatic rings. The Morgan fingerprint density at radius 1 is 1.39 bits per heavy atom. The van der Waals surface area contributed by atoms with Crippen molar-refractivity contribution in [2.45, 2.75) is 19.8 Å². The van der Waals surface area contributed by atoms with E-state index in [1.165, 1.54) is 18.6 Å². The molecule has 18 heavy (non-hydrogen) atoms. The average molecular weight is 289 g/mol. The molecule has 1 saturated heterocycles. The number of hydrogen-bond acceptors (Lipinski definition) is 3. The predicted molar refractivity (Wildman–Crippen MR) is 73.7 cm³/mol. The smallest absolute Gasteiger partial charge is 0.272 e. The van der Waals surface area contributed by atoms with Crippen LogP contribution in [0.4, 0.5) is 11.4 Å². The number of rotatable bonds is 2. The minimum Gasteiger partial charge on any atom is -0.369 e. The van der Waals surface area contributed by atoms with Crippen LogP contribution < -0.4 is 4.90 Å². The normalized spacial score (nSPS) is 19.9. The van der Waals surface area contributed by atoms with E-state index in [-0.39, 0.29) is 5.69 Å². The first kappa shape index (κ1) is 13.4. The van der Waals surface area contributed by atoms with Crippen molar-refractivity contribution in [1.29, 1.82) is 0 Å². The fraction of sp³-hybridized carbons (Fsp3) is 0.500. The average Bonchev–Trinajstić information content (AvgIpc) is 2.27. The van der Waals surface area contributed by atoms with Crippen molar-refractivity contribution >= 4 is 34.6 Å². The van der Waals surface area contributed by atoms with E-state index in [4.69, 9.17) is 23.2 Å². The summed E-state index contributed by atoms with van der Waals surface area (Å²) in [5, 5.41) is 11.4. The number of piperidine rings is 1. The van der Waals surface area contributed by atoms with Gasteiger partial charge in [0.1, 0.15) is 0 Å². The van der Waals surface area contributed by atoms with Crippen LogP contribution in [0.5, 0.6) is 0 Å². The standard InChI is InChI=1S/C12H14Cl2N2O2/c1-8-3-2-4-15(7-8)12-10(13)5-9(16(17)18)6-11(12)14/h5-6,8H,2-4,7H2,1H3/t8-/m0/s1. The number of anilines is 1. The molecular formula is C12H14Cl2N2O2. The van der Waals surface area contributed by atoms with E-state index in [1.807, 2.05) is 0 Å². The fourth-order valence-corrected chi connectivity index (χ4v) is 3.07. The summed E-state index contributed by atoms with van der Waals surface area (Å²) < 4.78 is 0. The summed E-state index contributed by atoms with van der Waals surface area (Å²) >= 11 is 12.3. The Labute approximate surface area is 116 Å². The van der Waals surface area contributed by atoms with Crippen molar-refractivity contribution in [3.05, 3.63) is 32.3 Å². The quantitative estimate of drug-likeness (QED) is 0.607. The van der Waals surface area contributed by atoms with E-state index >= 15 is 0 Å². The third-order valence-electron chi connectivity index (χ3n) is 3.19. The molecule has 0 radical (unpaired) electrons. The molecule has 1 aromatic carbocycles. The maximum atomic E-state index is 10.7. The molecule has 0 aliphatic carbocycles. The van der Waals surface area contributed by atoms with Crippen molar-refractivity contribution in [2.24, 2.45) is 5.92 Å². The highest BCUT2D eigenvalue weighted by Gasteiger charge is 2.23. The van der Waals surface area contributed by atoms with E-state index in [9.17, 15) is 10.1 Å². The molecular weight excluding hydrogens is 275 g/mol. The van der Waals surface area contributed by atoms with Crippen LogP contribution in [0.15, 0.2) is 12.1 Å². The minimum absolute atomic E-state index is 0.0705. The molecule has 1 heterocycles. The lowest BCUT2D eigenvalue weighted by atomic mass is 10.00. The summed E-state index contributed by atoms with van der Waals surface area (Å²) in [7, 11) is 0. The maximum Gasteiger partial charge on any atom is 0.272 e. The highest BCUT2D eigenvalue weighted by Crippen LogP contribution is 2.39. The molecule has 0 spiro atoms. The second-order valence-electron chi connectivity index (χ2n) is 4.71. The van der Waals surface area contributed by atoms with Gasteiger partial charge in [0, 0.05) is 25.2 Å². The topological polar surface area (TPSA) is 46.4 Å². The Bertz CT molecular complexity index is 456. The van der Waals surface area contributed by atoms with E-state index in [2.05, 4.69) is 11.8 Å². The van der Waals surface area contributed by atoms with Crippen molar-refractivity contribution in [2.75, 3.05) is 18.0 Å². The van der Waals surface area contributed by atoms with Gasteiger partial charge in [-0.15, -0.1) is 0 Å². The highest BCUT2D eigenvalue weighted by atomic mass is 35.5. The van der Waals surface area contributed by atoms with Crippen molar-refractivity contribution in [1.82, 2.24) is 0 Å². The SMILES string of the molecule is C[C@H]1CCCN(c2c(Cl)cc([N+](=O)[O-])cc2Cl)C1. The molecule has 0 N–H and O–H groups in total. The number of nitrogens with zero attached hydrogens (tertiary/aromatic N) is 2. The van der Waals surface area contributed by atoms with Crippen LogP contribution in [0, 0.1) is 16.0 Å². The predicted octanol–water partition coefficient (Wildman–Crippen LogP) is 4.14. The van der Waals surface area contributed by atoms with Gasteiger partial charge in [-0.1, -0.05) is 30.1 Å². The van der Waals surface area contributed by atoms with Gasteiger partial charge in [0.25, 0.3) is 5.69 Å². The lowest BCUT2D eigenvalue weighted by Gasteiger charge is -2.33. The number of nitro groups is 1. The number of nitro benzene ring substituents is 1. The monoisotopic (exact) mass is 288 g/mol. The Hall–Kier alpha value is -1.00. The Morgan fingerprint density at radius 2 is 2.00 bits per heavy atom. The fourth-order valence-electron chi connectivity index (χ4n) is 2.35. The van der Waals surface area contributed by atoms with Gasteiger partial charge in [0.2, 0.25) is 0 Å². The highest BCUT2D eigenvalue weighted by molar-refractivity contribution is 6.39. The molecule has 0 unspecified atom stereocenters. The Balaban J connectivity index is 2.36. The number of benzene rings is 1. The zero-order chi connectivity index (χ0) is 13.3. The summed E-state index contributed by atoms with van der Waals surface area (Å²) in [5.41, 5.74) is 0.647. The third-order valence-corrected chi connectivity index (χ3v) is 3.76. The van der Waals surface area contributed by atoms with Crippen LogP contribution in [0.3, 0.4) is 0 Å². The lowest BCUT2D eigenvalue weighted by Crippen LogP contribution is -2.34. The first-order chi connectivity index (χ1) is 8.49. The molecule has 1 aliphatic rings. The maximum absolute atomic E-state index is 10.7. The summed E-state index contributed by atoms with van der Waals surface area (Å²) in [6.45, 7) is 3.96. The van der Waals surface area contributed by atoms with Gasteiger partial charge in [0.15, 0.2) is 0 Å². The molecule has 0 aromatic heterocycles. The van der Waals surface area contributed by atoms with Crippen molar-refractivity contribution < 1.29 is 4.92 Å². The second-order valence-corrected chi connectivity index (χ2v) is 5.52. The van der Waals surface area contributed by atoms with Crippen LogP contribution in [0.2, 0.25) is 10.0 Å². The van der Waals surface area contributed by atoms with Gasteiger partial charge in [-0.3, -0.25) is 10.1 Å². The molecule has 4 nitrogen and oxygen atoms in total. The lowest BCUT2D eigenvalue weighted by molar-refractivity contribution is -0.384. The van der Waals surface area contributed by atoms with Gasteiger partial charge in [-0.2, -0.15) is 0 Å². The van der Waals surface area contributed by atoms with Gasteiger partial charge in [-0.25, -0.2) is 0 Å². The molecule has 1 atom stereocenters. The summed E-state index contributed by atoms with van der Waals surface area (Å²) in [6.07, 6.45) is 2.28. The molecule has 0 saturated carbocycles. The van der Waals surface area contributed by atoms with Crippen molar-refractivity contribution in [3.8, 4) is 0 Å². The molecule has 2 rings (SSSR count). The number of halogens is 2. The van der Waals surface area contributed by atoms with Gasteiger partial charge < -0.3 is 4.90 Å². The first-order valence-electron chi connectivity index (χ1n) is 5.87. The van der Waals surface area contributed by atoms with Crippen LogP contribution in [-0.4, -0.2) is 18.0 Å². The summed E-state index contributed by atoms with van der Waals surface area (Å²) in [4.78, 5) is 12.3. The third kappa shape index (κ3) is 2.70. The van der Waals surface area contributed by atoms with Crippen LogP contribution in [0.1, 0.15) is 19.8 Å². The minimum atomic E-state index is -0.486. The van der Waals surface area contributed by atoms with E-state index in [0.29, 0.717) is 16.0 Å². The zero-order valence-electron chi connectivity index (χ0n) is 10.0. The van der Waals surface area contributed by atoms with Gasteiger partial charge in [-0.05, 0) is 18.8 Å².